The van der Waals surface area contributed by atoms with Gasteiger partial charge in [0.15, 0.2) is 5.13 Å². The third-order valence-corrected chi connectivity index (χ3v) is 5.23. The van der Waals surface area contributed by atoms with E-state index in [0.717, 1.165) is 16.4 Å². The highest BCUT2D eigenvalue weighted by Crippen LogP contribution is 2.37. The summed E-state index contributed by atoms with van der Waals surface area (Å²) in [5, 5.41) is 15.1. The molecule has 0 radical (unpaired) electrons. The zero-order valence-corrected chi connectivity index (χ0v) is 15.0. The molecule has 138 valence electrons. The fourth-order valence-corrected chi connectivity index (χ4v) is 4.02. The largest absolute Gasteiger partial charge is 0.477 e. The number of β-lactam (4-membered cyclic amide) rings is 1. The standard InChI is InChI=1S/C13H14N6O5S2/c1-2-24-17-6(8-16-13(14)26-18-8)9(20)15-7-10(21)19-5(12(22)23)3-4-25-11(7)19/h3,7,11H,2,4H2,1H3,(H,15,20)(H,22,23)(H2,14,16,18)/t7?,11-/m1/s1. The highest BCUT2D eigenvalue weighted by molar-refractivity contribution is 8.00. The predicted molar refractivity (Wildman–Crippen MR) is 93.2 cm³/mol. The molecule has 3 heterocycles. The number of nitrogens with two attached hydrogens (primary N) is 1. The number of carboxylic acid groups (broad SMARTS) is 1. The maximum absolute atomic E-state index is 12.5. The lowest BCUT2D eigenvalue weighted by atomic mass is 10.0. The molecular formula is C13H14N6O5S2. The number of aromatic nitrogens is 2. The predicted octanol–water partition coefficient (Wildman–Crippen LogP) is -0.771. The van der Waals surface area contributed by atoms with Crippen molar-refractivity contribution in [1.29, 1.82) is 0 Å². The highest BCUT2D eigenvalue weighted by Gasteiger charge is 2.53. The number of carbonyl (C=O) groups excluding carboxylic acids is 2. The minimum absolute atomic E-state index is 0.00973. The third kappa shape index (κ3) is 3.22. The lowest BCUT2D eigenvalue weighted by Gasteiger charge is -2.48. The molecule has 1 unspecified atom stereocenters. The first-order valence-electron chi connectivity index (χ1n) is 7.42. The van der Waals surface area contributed by atoms with Crippen molar-refractivity contribution in [3.63, 3.8) is 0 Å². The summed E-state index contributed by atoms with van der Waals surface area (Å²) in [4.78, 5) is 46.0. The first kappa shape index (κ1) is 18.1. The van der Waals surface area contributed by atoms with E-state index in [0.29, 0.717) is 5.75 Å². The maximum atomic E-state index is 12.5. The van der Waals surface area contributed by atoms with E-state index in [4.69, 9.17) is 15.7 Å². The summed E-state index contributed by atoms with van der Waals surface area (Å²) in [5.41, 5.74) is 5.24. The van der Waals surface area contributed by atoms with Crippen LogP contribution < -0.4 is 11.1 Å². The van der Waals surface area contributed by atoms with Gasteiger partial charge in [0.05, 0.1) is 0 Å². The Kier molecular flexibility index (Phi) is 5.08. The number of fused-ring (bicyclic) bond motifs is 1. The van der Waals surface area contributed by atoms with Gasteiger partial charge < -0.3 is 21.0 Å². The molecule has 2 atom stereocenters. The molecule has 2 aliphatic rings. The van der Waals surface area contributed by atoms with Crippen molar-refractivity contribution in [2.45, 2.75) is 18.3 Å². The van der Waals surface area contributed by atoms with Crippen LogP contribution in [0, 0.1) is 0 Å². The monoisotopic (exact) mass is 398 g/mol. The number of nitrogens with one attached hydrogen (secondary N) is 1. The summed E-state index contributed by atoms with van der Waals surface area (Å²) in [6.45, 7) is 1.91. The Morgan fingerprint density at radius 2 is 2.35 bits per heavy atom. The lowest BCUT2D eigenvalue weighted by Crippen LogP contribution is -2.70. The van der Waals surface area contributed by atoms with Crippen molar-refractivity contribution < 1.29 is 24.3 Å². The van der Waals surface area contributed by atoms with E-state index in [-0.39, 0.29) is 29.0 Å². The molecule has 0 aromatic carbocycles. The quantitative estimate of drug-likeness (QED) is 0.317. The molecule has 0 saturated carbocycles. The zero-order chi connectivity index (χ0) is 18.8. The summed E-state index contributed by atoms with van der Waals surface area (Å²) in [7, 11) is 0. The second-order valence-electron chi connectivity index (χ2n) is 5.09. The van der Waals surface area contributed by atoms with Gasteiger partial charge in [-0.1, -0.05) is 5.16 Å². The summed E-state index contributed by atoms with van der Waals surface area (Å²) < 4.78 is 3.92. The molecule has 3 rings (SSSR count). The summed E-state index contributed by atoms with van der Waals surface area (Å²) in [5.74, 6) is -1.99. The van der Waals surface area contributed by atoms with E-state index in [1.165, 1.54) is 17.8 Å². The van der Waals surface area contributed by atoms with Crippen molar-refractivity contribution in [3.05, 3.63) is 17.6 Å². The molecule has 26 heavy (non-hydrogen) atoms. The van der Waals surface area contributed by atoms with Crippen LogP contribution in [0.5, 0.6) is 0 Å². The molecule has 0 spiro atoms. The molecule has 2 aliphatic heterocycles. The third-order valence-electron chi connectivity index (χ3n) is 3.51. The number of rotatable bonds is 6. The van der Waals surface area contributed by atoms with Gasteiger partial charge in [0, 0.05) is 17.3 Å². The van der Waals surface area contributed by atoms with Gasteiger partial charge in [-0.2, -0.15) is 9.36 Å². The van der Waals surface area contributed by atoms with Crippen LogP contribution in [0.25, 0.3) is 0 Å². The Labute approximate surface area is 155 Å². The van der Waals surface area contributed by atoms with Gasteiger partial charge in [0.2, 0.25) is 11.5 Å². The van der Waals surface area contributed by atoms with E-state index in [2.05, 4.69) is 19.8 Å². The van der Waals surface area contributed by atoms with Gasteiger partial charge in [-0.05, 0) is 13.0 Å². The number of hydrogen-bond donors (Lipinski definition) is 3. The molecule has 1 aromatic heterocycles. The van der Waals surface area contributed by atoms with Gasteiger partial charge in [0.1, 0.15) is 23.7 Å². The zero-order valence-electron chi connectivity index (χ0n) is 13.4. The number of anilines is 1. The molecule has 2 amide bonds. The second-order valence-corrected chi connectivity index (χ2v) is 7.02. The Balaban J connectivity index is 1.76. The smallest absolute Gasteiger partial charge is 0.352 e. The number of aliphatic carboxylic acids is 1. The second kappa shape index (κ2) is 7.29. The summed E-state index contributed by atoms with van der Waals surface area (Å²) in [6.07, 6.45) is 1.46. The molecule has 0 bridgehead atoms. The first-order chi connectivity index (χ1) is 12.4. The van der Waals surface area contributed by atoms with Crippen molar-refractivity contribution in [1.82, 2.24) is 19.6 Å². The van der Waals surface area contributed by atoms with Gasteiger partial charge in [-0.3, -0.25) is 14.5 Å². The average Bonchev–Trinajstić information content (AvgIpc) is 3.05. The van der Waals surface area contributed by atoms with Crippen LogP contribution in [-0.4, -0.2) is 66.6 Å². The Morgan fingerprint density at radius 3 is 2.96 bits per heavy atom. The maximum Gasteiger partial charge on any atom is 0.352 e. The van der Waals surface area contributed by atoms with Crippen LogP contribution >= 0.6 is 23.3 Å². The lowest BCUT2D eigenvalue weighted by molar-refractivity contribution is -0.150. The van der Waals surface area contributed by atoms with Gasteiger partial charge in [-0.15, -0.1) is 11.8 Å². The number of thioether (sulfide) groups is 1. The van der Waals surface area contributed by atoms with Crippen LogP contribution in [0.4, 0.5) is 5.13 Å². The fourth-order valence-electron chi connectivity index (χ4n) is 2.39. The molecule has 1 fully saturated rings. The number of hydrogen-bond acceptors (Lipinski definition) is 10. The Bertz CT molecular complexity index is 822. The van der Waals surface area contributed by atoms with Crippen LogP contribution in [0.1, 0.15) is 12.7 Å². The van der Waals surface area contributed by atoms with Crippen LogP contribution in [0.15, 0.2) is 16.9 Å². The molecule has 4 N–H and O–H groups in total. The minimum atomic E-state index is -1.19. The van der Waals surface area contributed by atoms with Gasteiger partial charge in [0.25, 0.3) is 11.8 Å². The molecular weight excluding hydrogens is 384 g/mol. The average molecular weight is 398 g/mol. The number of amides is 2. The van der Waals surface area contributed by atoms with E-state index < -0.39 is 29.2 Å². The van der Waals surface area contributed by atoms with E-state index in [9.17, 15) is 14.4 Å². The van der Waals surface area contributed by atoms with Crippen LogP contribution in [0.2, 0.25) is 0 Å². The van der Waals surface area contributed by atoms with Gasteiger partial charge >= 0.3 is 5.97 Å². The topological polar surface area (TPSA) is 160 Å². The van der Waals surface area contributed by atoms with Gasteiger partial charge in [-0.25, -0.2) is 4.79 Å². The summed E-state index contributed by atoms with van der Waals surface area (Å²) >= 11 is 2.24. The number of nitrogen functional groups attached to an aromatic ring is 1. The number of carboxylic acids is 1. The summed E-state index contributed by atoms with van der Waals surface area (Å²) in [6, 6.07) is -0.877. The SMILES string of the molecule is CCON=C(C(=O)NC1C(=O)N2C(C(=O)O)=CCS[C@H]12)c1nsc(N)n1. The number of nitrogens with zero attached hydrogens (tertiary/aromatic N) is 4. The molecule has 1 aromatic rings. The molecule has 11 nitrogen and oxygen atoms in total. The minimum Gasteiger partial charge on any atom is -0.477 e. The van der Waals surface area contributed by atoms with E-state index >= 15 is 0 Å². The normalized spacial score (nSPS) is 22.2. The Morgan fingerprint density at radius 1 is 1.58 bits per heavy atom. The Hall–Kier alpha value is -2.67. The highest BCUT2D eigenvalue weighted by atomic mass is 32.2. The fraction of sp³-hybridized carbons (Fsp3) is 0.385. The van der Waals surface area contributed by atoms with Crippen LogP contribution in [0.3, 0.4) is 0 Å². The van der Waals surface area contributed by atoms with Crippen molar-refractivity contribution >= 4 is 51.9 Å². The van der Waals surface area contributed by atoms with Crippen molar-refractivity contribution in [3.8, 4) is 0 Å². The molecule has 0 aliphatic carbocycles. The van der Waals surface area contributed by atoms with Crippen LogP contribution in [-0.2, 0) is 19.2 Å². The molecule has 13 heteroatoms. The van der Waals surface area contributed by atoms with E-state index in [1.54, 1.807) is 6.92 Å². The van der Waals surface area contributed by atoms with Crippen molar-refractivity contribution in [2.24, 2.45) is 5.16 Å². The first-order valence-corrected chi connectivity index (χ1v) is 9.24. The van der Waals surface area contributed by atoms with E-state index in [1.807, 2.05) is 0 Å². The molecule has 1 saturated heterocycles. The van der Waals surface area contributed by atoms with Crippen molar-refractivity contribution in [2.75, 3.05) is 18.1 Å². The number of carbonyl (C=O) groups is 3. The number of oxime groups is 1.